The maximum atomic E-state index is 4.08. The molecule has 1 aromatic rings. The summed E-state index contributed by atoms with van der Waals surface area (Å²) in [4.78, 5) is 2.19. The van der Waals surface area contributed by atoms with Crippen LogP contribution in [0, 0.1) is 6.92 Å². The van der Waals surface area contributed by atoms with Crippen molar-refractivity contribution in [3.63, 3.8) is 0 Å². The molecule has 0 aliphatic heterocycles. The molecule has 0 aromatic heterocycles. The van der Waals surface area contributed by atoms with Crippen molar-refractivity contribution in [1.82, 2.24) is 0 Å². The van der Waals surface area contributed by atoms with Gasteiger partial charge in [-0.05, 0) is 37.0 Å². The summed E-state index contributed by atoms with van der Waals surface area (Å²) in [6.45, 7) is 10.5. The van der Waals surface area contributed by atoms with Crippen LogP contribution >= 0.6 is 0 Å². The highest BCUT2D eigenvalue weighted by molar-refractivity contribution is 5.79. The highest BCUT2D eigenvalue weighted by Gasteiger charge is 2.12. The average Bonchev–Trinajstić information content (AvgIpc) is 2.16. The molecule has 0 atom stereocenters. The zero-order chi connectivity index (χ0) is 11.6. The third-order valence-corrected chi connectivity index (χ3v) is 2.72. The van der Waals surface area contributed by atoms with Gasteiger partial charge in [-0.1, -0.05) is 25.6 Å². The van der Waals surface area contributed by atoms with Crippen LogP contribution in [0.4, 0.5) is 5.69 Å². The Labute approximate surface area is 93.4 Å². The second-order valence-corrected chi connectivity index (χ2v) is 4.29. The lowest BCUT2D eigenvalue weighted by Gasteiger charge is -2.23. The fourth-order valence-corrected chi connectivity index (χ4v) is 2.07. The summed E-state index contributed by atoms with van der Waals surface area (Å²) in [5, 5.41) is 0. The van der Waals surface area contributed by atoms with E-state index in [4.69, 9.17) is 0 Å². The summed E-state index contributed by atoms with van der Waals surface area (Å²) in [7, 11) is 4.20. The maximum absolute atomic E-state index is 4.08. The Morgan fingerprint density at radius 2 is 1.93 bits per heavy atom. The average molecular weight is 203 g/mol. The lowest BCUT2D eigenvalue weighted by Crippen LogP contribution is -2.14. The van der Waals surface area contributed by atoms with Crippen molar-refractivity contribution >= 4 is 11.3 Å². The van der Waals surface area contributed by atoms with E-state index in [1.807, 2.05) is 0 Å². The minimum Gasteiger partial charge on any atom is -0.377 e. The number of nitrogens with zero attached hydrogens (tertiary/aromatic N) is 1. The number of hydrogen-bond donors (Lipinski definition) is 0. The van der Waals surface area contributed by atoms with Gasteiger partial charge in [-0.15, -0.1) is 0 Å². The predicted molar refractivity (Wildman–Crippen MR) is 69.6 cm³/mol. The van der Waals surface area contributed by atoms with E-state index in [2.05, 4.69) is 58.5 Å². The summed E-state index contributed by atoms with van der Waals surface area (Å²) < 4.78 is 0. The molecule has 0 radical (unpaired) electrons. The highest BCUT2D eigenvalue weighted by atomic mass is 15.1. The predicted octanol–water partition coefficient (Wildman–Crippen LogP) is 3.66. The molecule has 1 nitrogen and oxygen atoms in total. The molecule has 0 fully saturated rings. The molecular weight excluding hydrogens is 182 g/mol. The summed E-state index contributed by atoms with van der Waals surface area (Å²) in [6.07, 6.45) is 1.06. The van der Waals surface area contributed by atoms with E-state index in [1.54, 1.807) is 0 Å². The minimum absolute atomic E-state index is 1.06. The zero-order valence-corrected chi connectivity index (χ0v) is 10.5. The van der Waals surface area contributed by atoms with Crippen molar-refractivity contribution in [1.29, 1.82) is 0 Å². The molecule has 0 spiro atoms. The topological polar surface area (TPSA) is 3.24 Å². The third kappa shape index (κ3) is 2.23. The lowest BCUT2D eigenvalue weighted by molar-refractivity contribution is 1.05. The molecule has 1 heteroatoms. The molecule has 1 aromatic carbocycles. The molecule has 0 amide bonds. The first-order valence-corrected chi connectivity index (χ1v) is 5.44. The van der Waals surface area contributed by atoms with Crippen LogP contribution in [0.15, 0.2) is 18.7 Å². The highest BCUT2D eigenvalue weighted by Crippen LogP contribution is 2.32. The first-order valence-electron chi connectivity index (χ1n) is 5.44. The van der Waals surface area contributed by atoms with Gasteiger partial charge in [-0.3, -0.25) is 0 Å². The Morgan fingerprint density at radius 3 is 2.33 bits per heavy atom. The molecule has 0 aliphatic carbocycles. The number of allylic oxidation sites excluding steroid dienone is 1. The van der Waals surface area contributed by atoms with Gasteiger partial charge in [0.2, 0.25) is 0 Å². The Bertz CT molecular complexity index is 375. The molecule has 0 unspecified atom stereocenters. The molecule has 0 aliphatic rings. The summed E-state index contributed by atoms with van der Waals surface area (Å²) >= 11 is 0. The first-order chi connectivity index (χ1) is 6.99. The number of benzene rings is 1. The second-order valence-electron chi connectivity index (χ2n) is 4.29. The standard InChI is InChI=1S/C14H21N/c1-7-12-9-8-11(4)13(10(2)3)14(12)15(5)6/h8-9H,2,7H2,1,3-6H3. The Balaban J connectivity index is 3.51. The molecule has 0 saturated heterocycles. The van der Waals surface area contributed by atoms with Crippen LogP contribution in [0.5, 0.6) is 0 Å². The van der Waals surface area contributed by atoms with Gasteiger partial charge in [0, 0.05) is 25.3 Å². The fourth-order valence-electron chi connectivity index (χ4n) is 2.07. The van der Waals surface area contributed by atoms with Gasteiger partial charge in [-0.25, -0.2) is 0 Å². The van der Waals surface area contributed by atoms with Gasteiger partial charge in [0.25, 0.3) is 0 Å². The van der Waals surface area contributed by atoms with E-state index < -0.39 is 0 Å². The number of anilines is 1. The molecule has 0 saturated carbocycles. The zero-order valence-electron chi connectivity index (χ0n) is 10.5. The van der Waals surface area contributed by atoms with Crippen LogP contribution in [0.2, 0.25) is 0 Å². The van der Waals surface area contributed by atoms with Crippen LogP contribution in [0.1, 0.15) is 30.5 Å². The molecule has 0 bridgehead atoms. The van der Waals surface area contributed by atoms with Gasteiger partial charge >= 0.3 is 0 Å². The Kier molecular flexibility index (Phi) is 3.57. The summed E-state index contributed by atoms with van der Waals surface area (Å²) in [6, 6.07) is 4.41. The molecule has 82 valence electrons. The van der Waals surface area contributed by atoms with E-state index in [0.717, 1.165) is 12.0 Å². The maximum Gasteiger partial charge on any atom is 0.0472 e. The van der Waals surface area contributed by atoms with Gasteiger partial charge in [0.1, 0.15) is 0 Å². The third-order valence-electron chi connectivity index (χ3n) is 2.72. The molecule has 1 rings (SSSR count). The molecule has 15 heavy (non-hydrogen) atoms. The van der Waals surface area contributed by atoms with E-state index in [1.165, 1.54) is 22.4 Å². The van der Waals surface area contributed by atoms with Crippen LogP contribution in [-0.2, 0) is 6.42 Å². The Morgan fingerprint density at radius 1 is 1.33 bits per heavy atom. The quantitative estimate of drug-likeness (QED) is 0.724. The summed E-state index contributed by atoms with van der Waals surface area (Å²) in [5.74, 6) is 0. The molecule has 0 heterocycles. The lowest BCUT2D eigenvalue weighted by atomic mass is 9.95. The van der Waals surface area contributed by atoms with E-state index in [-0.39, 0.29) is 0 Å². The summed E-state index contributed by atoms with van der Waals surface area (Å²) in [5.41, 5.74) is 6.47. The van der Waals surface area contributed by atoms with Crippen molar-refractivity contribution in [3.8, 4) is 0 Å². The van der Waals surface area contributed by atoms with Crippen molar-refractivity contribution < 1.29 is 0 Å². The van der Waals surface area contributed by atoms with Crippen molar-refractivity contribution in [2.45, 2.75) is 27.2 Å². The van der Waals surface area contributed by atoms with Crippen LogP contribution < -0.4 is 4.90 Å². The number of aryl methyl sites for hydroxylation is 2. The molecule has 0 N–H and O–H groups in total. The normalized spacial score (nSPS) is 10.2. The van der Waals surface area contributed by atoms with E-state index >= 15 is 0 Å². The van der Waals surface area contributed by atoms with Crippen molar-refractivity contribution in [3.05, 3.63) is 35.4 Å². The largest absolute Gasteiger partial charge is 0.377 e. The SMILES string of the molecule is C=C(C)c1c(C)ccc(CC)c1N(C)C. The van der Waals surface area contributed by atoms with Gasteiger partial charge in [0.15, 0.2) is 0 Å². The first kappa shape index (κ1) is 11.8. The van der Waals surface area contributed by atoms with Crippen molar-refractivity contribution in [2.24, 2.45) is 0 Å². The van der Waals surface area contributed by atoms with Crippen LogP contribution in [0.25, 0.3) is 5.57 Å². The van der Waals surface area contributed by atoms with Gasteiger partial charge in [-0.2, -0.15) is 0 Å². The smallest absolute Gasteiger partial charge is 0.0472 e. The number of rotatable bonds is 3. The van der Waals surface area contributed by atoms with E-state index in [0.29, 0.717) is 0 Å². The van der Waals surface area contributed by atoms with Crippen LogP contribution in [0.3, 0.4) is 0 Å². The van der Waals surface area contributed by atoms with Crippen LogP contribution in [-0.4, -0.2) is 14.1 Å². The fraction of sp³-hybridized carbons (Fsp3) is 0.429. The Hall–Kier alpha value is -1.24. The minimum atomic E-state index is 1.06. The molecular formula is C14H21N. The van der Waals surface area contributed by atoms with Gasteiger partial charge in [0.05, 0.1) is 0 Å². The van der Waals surface area contributed by atoms with Gasteiger partial charge < -0.3 is 4.90 Å². The number of hydrogen-bond acceptors (Lipinski definition) is 1. The second kappa shape index (κ2) is 4.52. The van der Waals surface area contributed by atoms with E-state index in [9.17, 15) is 0 Å². The van der Waals surface area contributed by atoms with Crippen molar-refractivity contribution in [2.75, 3.05) is 19.0 Å². The monoisotopic (exact) mass is 203 g/mol.